The van der Waals surface area contributed by atoms with Crippen molar-refractivity contribution in [3.05, 3.63) is 78.1 Å². The van der Waals surface area contributed by atoms with Gasteiger partial charge in [0.05, 0.1) is 7.11 Å². The zero-order chi connectivity index (χ0) is 19.9. The van der Waals surface area contributed by atoms with Gasteiger partial charge in [-0.15, -0.1) is 0 Å². The van der Waals surface area contributed by atoms with E-state index >= 15 is 0 Å². The molecule has 0 radical (unpaired) electrons. The molecule has 6 nitrogen and oxygen atoms in total. The minimum Gasteiger partial charge on any atom is -0.497 e. The van der Waals surface area contributed by atoms with Gasteiger partial charge in [-0.05, 0) is 60.7 Å². The number of methoxy groups -OCH3 is 1. The molecule has 0 atom stereocenters. The summed E-state index contributed by atoms with van der Waals surface area (Å²) < 4.78 is 5.10. The Morgan fingerprint density at radius 3 is 2.29 bits per heavy atom. The quantitative estimate of drug-likeness (QED) is 0.665. The summed E-state index contributed by atoms with van der Waals surface area (Å²) in [5.41, 5.74) is 1.62. The van der Waals surface area contributed by atoms with E-state index < -0.39 is 0 Å². The van der Waals surface area contributed by atoms with Crippen LogP contribution in [0.5, 0.6) is 5.75 Å². The van der Waals surface area contributed by atoms with E-state index in [0.29, 0.717) is 22.7 Å². The predicted molar refractivity (Wildman–Crippen MR) is 109 cm³/mol. The molecule has 3 rings (SSSR count). The molecule has 2 N–H and O–H groups in total. The second-order valence-electron chi connectivity index (χ2n) is 5.76. The first kappa shape index (κ1) is 19.4. The molecule has 0 aliphatic heterocycles. The highest BCUT2D eigenvalue weighted by Gasteiger charge is 2.08. The molecule has 3 aromatic rings. The zero-order valence-corrected chi connectivity index (χ0v) is 16.2. The Morgan fingerprint density at radius 2 is 1.64 bits per heavy atom. The van der Waals surface area contributed by atoms with Crippen LogP contribution in [-0.2, 0) is 0 Å². The average molecular weight is 393 g/mol. The van der Waals surface area contributed by atoms with Gasteiger partial charge in [-0.2, -0.15) is 0 Å². The van der Waals surface area contributed by atoms with Gasteiger partial charge in [0.2, 0.25) is 0 Å². The summed E-state index contributed by atoms with van der Waals surface area (Å²) in [6, 6.07) is 18.0. The summed E-state index contributed by atoms with van der Waals surface area (Å²) in [7, 11) is 3.16. The lowest BCUT2D eigenvalue weighted by Crippen LogP contribution is -2.18. The van der Waals surface area contributed by atoms with Gasteiger partial charge < -0.3 is 15.4 Å². The van der Waals surface area contributed by atoms with E-state index in [1.165, 1.54) is 11.8 Å². The second kappa shape index (κ2) is 9.05. The largest absolute Gasteiger partial charge is 0.497 e. The molecule has 0 aliphatic carbocycles. The van der Waals surface area contributed by atoms with Gasteiger partial charge in [0, 0.05) is 34.3 Å². The highest BCUT2D eigenvalue weighted by molar-refractivity contribution is 7.99. The lowest BCUT2D eigenvalue weighted by Gasteiger charge is -2.08. The number of amides is 2. The summed E-state index contributed by atoms with van der Waals surface area (Å²) >= 11 is 1.51. The molecule has 1 heterocycles. The molecule has 142 valence electrons. The Bertz CT molecular complexity index is 973. The van der Waals surface area contributed by atoms with Crippen molar-refractivity contribution in [3.8, 4) is 5.75 Å². The monoisotopic (exact) mass is 393 g/mol. The van der Waals surface area contributed by atoms with Crippen LogP contribution in [0.15, 0.2) is 76.7 Å². The van der Waals surface area contributed by atoms with Crippen molar-refractivity contribution in [2.75, 3.05) is 19.5 Å². The molecule has 0 aliphatic rings. The van der Waals surface area contributed by atoms with Crippen LogP contribution < -0.4 is 15.4 Å². The van der Waals surface area contributed by atoms with Crippen LogP contribution >= 0.6 is 11.8 Å². The van der Waals surface area contributed by atoms with Crippen molar-refractivity contribution < 1.29 is 14.3 Å². The number of pyridine rings is 1. The van der Waals surface area contributed by atoms with Gasteiger partial charge >= 0.3 is 0 Å². The van der Waals surface area contributed by atoms with Crippen molar-refractivity contribution in [1.82, 2.24) is 10.3 Å². The SMILES string of the molecule is CNC(=O)c1cc(Sc2ccc(NC(=O)c3ccc(OC)cc3)cc2)ccn1. The Morgan fingerprint density at radius 1 is 0.929 bits per heavy atom. The Kier molecular flexibility index (Phi) is 6.29. The highest BCUT2D eigenvalue weighted by Crippen LogP contribution is 2.28. The summed E-state index contributed by atoms with van der Waals surface area (Å²) in [6.45, 7) is 0. The van der Waals surface area contributed by atoms with Gasteiger partial charge in [-0.3, -0.25) is 14.6 Å². The fourth-order valence-electron chi connectivity index (χ4n) is 2.41. The predicted octanol–water partition coefficient (Wildman–Crippen LogP) is 3.85. The highest BCUT2D eigenvalue weighted by atomic mass is 32.2. The lowest BCUT2D eigenvalue weighted by molar-refractivity contribution is 0.0957. The van der Waals surface area contributed by atoms with Gasteiger partial charge in [0.15, 0.2) is 0 Å². The number of nitrogens with one attached hydrogen (secondary N) is 2. The maximum absolute atomic E-state index is 12.3. The molecule has 0 bridgehead atoms. The standard InChI is InChI=1S/C21H19N3O3S/c1-22-21(26)19-13-18(11-12-23-19)28-17-9-5-15(6-10-17)24-20(25)14-3-7-16(27-2)8-4-14/h3-13H,1-2H3,(H,22,26)(H,24,25). The van der Waals surface area contributed by atoms with Crippen LogP contribution in [0.2, 0.25) is 0 Å². The minimum absolute atomic E-state index is 0.188. The smallest absolute Gasteiger partial charge is 0.269 e. The van der Waals surface area contributed by atoms with Gasteiger partial charge in [-0.25, -0.2) is 0 Å². The maximum Gasteiger partial charge on any atom is 0.269 e. The Labute approximate surface area is 167 Å². The summed E-state index contributed by atoms with van der Waals surface area (Å²) in [4.78, 5) is 30.0. The number of aromatic nitrogens is 1. The van der Waals surface area contributed by atoms with Crippen LogP contribution in [0, 0.1) is 0 Å². The van der Waals surface area contributed by atoms with E-state index in [-0.39, 0.29) is 11.8 Å². The summed E-state index contributed by atoms with van der Waals surface area (Å²) in [5, 5.41) is 5.43. The first-order valence-corrected chi connectivity index (χ1v) is 9.32. The van der Waals surface area contributed by atoms with Crippen molar-refractivity contribution >= 4 is 29.3 Å². The van der Waals surface area contributed by atoms with E-state index in [4.69, 9.17) is 4.74 Å². The molecule has 0 spiro atoms. The Hall–Kier alpha value is -3.32. The Balaban J connectivity index is 1.64. The van der Waals surface area contributed by atoms with E-state index in [1.54, 1.807) is 50.7 Å². The van der Waals surface area contributed by atoms with Gasteiger partial charge in [-0.1, -0.05) is 11.8 Å². The van der Waals surface area contributed by atoms with Crippen LogP contribution in [0.1, 0.15) is 20.8 Å². The second-order valence-corrected chi connectivity index (χ2v) is 6.91. The molecule has 0 unspecified atom stereocenters. The summed E-state index contributed by atoms with van der Waals surface area (Å²) in [5.74, 6) is 0.292. The molecule has 7 heteroatoms. The van der Waals surface area contributed by atoms with Crippen molar-refractivity contribution in [3.63, 3.8) is 0 Å². The molecular weight excluding hydrogens is 374 g/mol. The third-order valence-electron chi connectivity index (χ3n) is 3.89. The van der Waals surface area contributed by atoms with Crippen LogP contribution in [0.4, 0.5) is 5.69 Å². The van der Waals surface area contributed by atoms with Crippen LogP contribution in [0.25, 0.3) is 0 Å². The van der Waals surface area contributed by atoms with Gasteiger partial charge in [0.25, 0.3) is 11.8 Å². The minimum atomic E-state index is -0.223. The molecule has 2 aromatic carbocycles. The summed E-state index contributed by atoms with van der Waals surface area (Å²) in [6.07, 6.45) is 1.61. The molecule has 1 aromatic heterocycles. The van der Waals surface area contributed by atoms with Crippen LogP contribution in [0.3, 0.4) is 0 Å². The van der Waals surface area contributed by atoms with E-state index in [0.717, 1.165) is 9.79 Å². The molecular formula is C21H19N3O3S. The number of ether oxygens (including phenoxy) is 1. The number of hydrogen-bond donors (Lipinski definition) is 2. The number of nitrogens with zero attached hydrogens (tertiary/aromatic N) is 1. The normalized spacial score (nSPS) is 10.2. The molecule has 0 saturated carbocycles. The van der Waals surface area contributed by atoms with E-state index in [2.05, 4.69) is 15.6 Å². The average Bonchev–Trinajstić information content (AvgIpc) is 2.74. The molecule has 2 amide bonds. The topological polar surface area (TPSA) is 80.3 Å². The lowest BCUT2D eigenvalue weighted by atomic mass is 10.2. The fourth-order valence-corrected chi connectivity index (χ4v) is 3.26. The molecule has 28 heavy (non-hydrogen) atoms. The van der Waals surface area contributed by atoms with Crippen molar-refractivity contribution in [1.29, 1.82) is 0 Å². The van der Waals surface area contributed by atoms with Gasteiger partial charge in [0.1, 0.15) is 11.4 Å². The van der Waals surface area contributed by atoms with Crippen LogP contribution in [-0.4, -0.2) is 31.0 Å². The number of anilines is 1. The van der Waals surface area contributed by atoms with Crippen molar-refractivity contribution in [2.24, 2.45) is 0 Å². The number of rotatable bonds is 6. The number of carbonyl (C=O) groups excluding carboxylic acids is 2. The molecule has 0 saturated heterocycles. The number of benzene rings is 2. The first-order chi connectivity index (χ1) is 13.6. The fraction of sp³-hybridized carbons (Fsp3) is 0.0952. The number of hydrogen-bond acceptors (Lipinski definition) is 5. The maximum atomic E-state index is 12.3. The first-order valence-electron chi connectivity index (χ1n) is 8.50. The third kappa shape index (κ3) is 4.89. The third-order valence-corrected chi connectivity index (χ3v) is 4.89. The molecule has 0 fully saturated rings. The van der Waals surface area contributed by atoms with E-state index in [9.17, 15) is 9.59 Å². The zero-order valence-electron chi connectivity index (χ0n) is 15.4. The van der Waals surface area contributed by atoms with E-state index in [1.807, 2.05) is 30.3 Å². The van der Waals surface area contributed by atoms with Crippen molar-refractivity contribution in [2.45, 2.75) is 9.79 Å². The number of carbonyl (C=O) groups is 2.